The summed E-state index contributed by atoms with van der Waals surface area (Å²) in [5.74, 6) is -3.63. The van der Waals surface area contributed by atoms with Gasteiger partial charge in [0.15, 0.2) is 2.14 Å². The van der Waals surface area contributed by atoms with Gasteiger partial charge in [-0.2, -0.15) is 13.2 Å². The average Bonchev–Trinajstić information content (AvgIpc) is 3.19. The highest BCUT2D eigenvalue weighted by Crippen LogP contribution is 2.40. The highest BCUT2D eigenvalue weighted by atomic mass is 80.0. The number of carbonyl (C=O) groups is 3. The number of cyclic esters (lactones) is 1. The zero-order valence-electron chi connectivity index (χ0n) is 19.4. The molecule has 2 aliphatic heterocycles. The number of benzene rings is 1. The van der Waals surface area contributed by atoms with Gasteiger partial charge in [-0.05, 0) is 18.2 Å². The van der Waals surface area contributed by atoms with E-state index >= 15 is 4.39 Å². The zero-order valence-corrected chi connectivity index (χ0v) is 26.4. The van der Waals surface area contributed by atoms with E-state index in [1.807, 2.05) is 4.90 Å². The quantitative estimate of drug-likeness (QED) is 0.323. The highest BCUT2D eigenvalue weighted by Gasteiger charge is 2.43. The first-order chi connectivity index (χ1) is 17.9. The summed E-state index contributed by atoms with van der Waals surface area (Å²) >= 11 is 27.2. The molecule has 1 aromatic rings. The number of anilines is 2. The Kier molecular flexibility index (Phi) is 10.6. The van der Waals surface area contributed by atoms with Gasteiger partial charge < -0.3 is 20.3 Å². The molecule has 19 heteroatoms. The van der Waals surface area contributed by atoms with E-state index in [1.54, 1.807) is 10.2 Å². The SMILES string of the molecule is O=C1O[C@@H](CNC(=O)C(F)(F)F)CN1c1ccc(N2CCN(C(NC(=O)C(Cl)(Cl)Cl)C(Br)(Br)Br)CC2)c(F)c1. The second kappa shape index (κ2) is 12.6. The average molecular weight is 815 g/mol. The molecule has 9 nitrogen and oxygen atoms in total. The lowest BCUT2D eigenvalue weighted by molar-refractivity contribution is -0.173. The number of nitrogens with one attached hydrogen (secondary N) is 2. The predicted octanol–water partition coefficient (Wildman–Crippen LogP) is 4.60. The summed E-state index contributed by atoms with van der Waals surface area (Å²) in [7, 11) is 0. The molecule has 2 aliphatic rings. The number of halogens is 10. The topological polar surface area (TPSA) is 94.2 Å². The molecule has 0 aliphatic carbocycles. The third kappa shape index (κ3) is 8.61. The smallest absolute Gasteiger partial charge is 0.442 e. The number of amides is 3. The second-order valence-corrected chi connectivity index (χ2v) is 17.6. The third-order valence-electron chi connectivity index (χ3n) is 5.72. The molecule has 0 radical (unpaired) electrons. The van der Waals surface area contributed by atoms with Crippen LogP contribution in [0.5, 0.6) is 0 Å². The van der Waals surface area contributed by atoms with Crippen LogP contribution in [0.25, 0.3) is 0 Å². The Balaban J connectivity index is 1.62. The maximum atomic E-state index is 15.1. The summed E-state index contributed by atoms with van der Waals surface area (Å²) in [4.78, 5) is 40.1. The molecule has 3 amide bonds. The van der Waals surface area contributed by atoms with Crippen molar-refractivity contribution >= 4 is 112 Å². The van der Waals surface area contributed by atoms with E-state index in [9.17, 15) is 27.6 Å². The molecule has 0 bridgehead atoms. The van der Waals surface area contributed by atoms with Crippen molar-refractivity contribution in [2.24, 2.45) is 0 Å². The van der Waals surface area contributed by atoms with Crippen LogP contribution in [0.15, 0.2) is 18.2 Å². The summed E-state index contributed by atoms with van der Waals surface area (Å²) in [6.07, 6.45) is -7.69. The molecule has 1 aromatic carbocycles. The highest BCUT2D eigenvalue weighted by molar-refractivity contribution is 9.39. The van der Waals surface area contributed by atoms with E-state index in [1.165, 1.54) is 12.1 Å². The van der Waals surface area contributed by atoms with Crippen molar-refractivity contribution in [2.75, 3.05) is 49.1 Å². The van der Waals surface area contributed by atoms with Crippen molar-refractivity contribution in [1.82, 2.24) is 15.5 Å². The number of ether oxygens (including phenoxy) is 1. The lowest BCUT2D eigenvalue weighted by Gasteiger charge is -2.43. The minimum atomic E-state index is -5.06. The molecule has 218 valence electrons. The van der Waals surface area contributed by atoms with E-state index in [0.29, 0.717) is 26.2 Å². The predicted molar refractivity (Wildman–Crippen MR) is 149 cm³/mol. The molecule has 2 atom stereocenters. The van der Waals surface area contributed by atoms with E-state index < -0.39 is 54.7 Å². The number of hydrogen-bond acceptors (Lipinski definition) is 6. The van der Waals surface area contributed by atoms with Gasteiger partial charge in [0, 0.05) is 26.2 Å². The maximum absolute atomic E-state index is 15.1. The minimum absolute atomic E-state index is 0.140. The monoisotopic (exact) mass is 811 g/mol. The summed E-state index contributed by atoms with van der Waals surface area (Å²) in [6.45, 7) is 0.731. The normalized spacial score (nSPS) is 20.1. The van der Waals surface area contributed by atoms with Gasteiger partial charge in [-0.15, -0.1) is 0 Å². The van der Waals surface area contributed by atoms with Crippen molar-refractivity contribution in [2.45, 2.75) is 24.4 Å². The largest absolute Gasteiger partial charge is 0.471 e. The number of piperazine rings is 1. The summed E-state index contributed by atoms with van der Waals surface area (Å²) in [6, 6.07) is 4.07. The van der Waals surface area contributed by atoms with E-state index in [-0.39, 0.29) is 17.9 Å². The molecule has 3 rings (SSSR count). The van der Waals surface area contributed by atoms with Crippen molar-refractivity contribution in [3.05, 3.63) is 24.0 Å². The Bertz CT molecular complexity index is 1100. The van der Waals surface area contributed by atoms with Gasteiger partial charge >= 0.3 is 18.2 Å². The summed E-state index contributed by atoms with van der Waals surface area (Å²) < 4.78 is 54.1. The minimum Gasteiger partial charge on any atom is -0.442 e. The second-order valence-electron chi connectivity index (χ2n) is 8.40. The van der Waals surface area contributed by atoms with Crippen LogP contribution in [0.3, 0.4) is 0 Å². The van der Waals surface area contributed by atoms with E-state index in [2.05, 4.69) is 53.1 Å². The van der Waals surface area contributed by atoms with Gasteiger partial charge in [0.05, 0.1) is 24.5 Å². The molecular formula is C20H19Br3Cl3F4N5O4. The standard InChI is InChI=1S/C20H19Br3Cl3F4N5O4/c21-18(22,23)14(32-15(36)19(24,25)26)34-5-3-33(4-6-34)13-2-1-10(7-12(13)27)35-9-11(39-17(35)38)8-31-16(37)20(28,29)30/h1-2,7,11,14H,3-6,8-9H2,(H,31,37)(H,32,36)/t11-,14?/m0/s1. The molecule has 1 unspecified atom stereocenters. The molecule has 0 aromatic heterocycles. The molecule has 2 N–H and O–H groups in total. The van der Waals surface area contributed by atoms with Gasteiger partial charge in [-0.3, -0.25) is 19.4 Å². The maximum Gasteiger partial charge on any atom is 0.471 e. The Morgan fingerprint density at radius 2 is 1.69 bits per heavy atom. The molecule has 0 saturated carbocycles. The van der Waals surface area contributed by atoms with Crippen molar-refractivity contribution < 1.29 is 36.7 Å². The number of nitrogens with zero attached hydrogens (tertiary/aromatic N) is 3. The Morgan fingerprint density at radius 1 is 1.08 bits per heavy atom. The Hall–Kier alpha value is -0.780. The third-order valence-corrected chi connectivity index (χ3v) is 7.54. The van der Waals surface area contributed by atoms with Gasteiger partial charge in [0.25, 0.3) is 9.70 Å². The Morgan fingerprint density at radius 3 is 2.21 bits per heavy atom. The van der Waals surface area contributed by atoms with Crippen LogP contribution in [-0.4, -0.2) is 86.5 Å². The lowest BCUT2D eigenvalue weighted by atomic mass is 10.2. The van der Waals surface area contributed by atoms with Crippen LogP contribution in [-0.2, 0) is 14.3 Å². The van der Waals surface area contributed by atoms with Crippen molar-refractivity contribution in [1.29, 1.82) is 0 Å². The summed E-state index contributed by atoms with van der Waals surface area (Å²) in [5.41, 5.74) is 0.395. The van der Waals surface area contributed by atoms with E-state index in [0.717, 1.165) is 11.0 Å². The molecule has 2 saturated heterocycles. The lowest BCUT2D eigenvalue weighted by Crippen LogP contribution is -2.61. The Labute approximate surface area is 260 Å². The van der Waals surface area contributed by atoms with Gasteiger partial charge in [0.2, 0.25) is 0 Å². The summed E-state index contributed by atoms with van der Waals surface area (Å²) in [5, 5.41) is 4.29. The molecule has 39 heavy (non-hydrogen) atoms. The van der Waals surface area contributed by atoms with Gasteiger partial charge in [0.1, 0.15) is 18.1 Å². The van der Waals surface area contributed by atoms with Crippen LogP contribution in [0.4, 0.5) is 33.7 Å². The van der Waals surface area contributed by atoms with Crippen LogP contribution < -0.4 is 20.4 Å². The number of hydrogen-bond donors (Lipinski definition) is 2. The van der Waals surface area contributed by atoms with Crippen LogP contribution in [0, 0.1) is 5.82 Å². The molecule has 2 heterocycles. The van der Waals surface area contributed by atoms with Gasteiger partial charge in [-0.25, -0.2) is 9.18 Å². The van der Waals surface area contributed by atoms with Crippen LogP contribution in [0.1, 0.15) is 0 Å². The molecule has 2 fully saturated rings. The van der Waals surface area contributed by atoms with Crippen LogP contribution in [0.2, 0.25) is 0 Å². The molecular weight excluding hydrogens is 796 g/mol. The number of carbonyl (C=O) groups excluding carboxylic acids is 3. The fourth-order valence-corrected chi connectivity index (χ4v) is 5.25. The first kappa shape index (κ1) is 32.7. The fourth-order valence-electron chi connectivity index (χ4n) is 3.87. The van der Waals surface area contributed by atoms with Crippen molar-refractivity contribution in [3.8, 4) is 0 Å². The van der Waals surface area contributed by atoms with Gasteiger partial charge in [-0.1, -0.05) is 82.6 Å². The first-order valence-electron chi connectivity index (χ1n) is 10.9. The first-order valence-corrected chi connectivity index (χ1v) is 14.5. The van der Waals surface area contributed by atoms with Crippen LogP contribution >= 0.6 is 82.6 Å². The zero-order chi connectivity index (χ0) is 29.3. The number of alkyl halides is 9. The fraction of sp³-hybridized carbons (Fsp3) is 0.550. The van der Waals surface area contributed by atoms with E-state index in [4.69, 9.17) is 39.5 Å². The van der Waals surface area contributed by atoms with Crippen molar-refractivity contribution in [3.63, 3.8) is 0 Å². The number of rotatable bonds is 6. The molecule has 0 spiro atoms.